The van der Waals surface area contributed by atoms with E-state index in [0.717, 1.165) is 4.47 Å². The first-order valence-corrected chi connectivity index (χ1v) is 11.2. The van der Waals surface area contributed by atoms with Gasteiger partial charge in [-0.25, -0.2) is 8.42 Å². The molecule has 2 N–H and O–H groups in total. The van der Waals surface area contributed by atoms with Crippen molar-refractivity contribution in [3.8, 4) is 6.07 Å². The second-order valence-electron chi connectivity index (χ2n) is 5.89. The number of rotatable bonds is 5. The Kier molecular flexibility index (Phi) is 6.37. The summed E-state index contributed by atoms with van der Waals surface area (Å²) in [7, 11) is -3.95. The summed E-state index contributed by atoms with van der Waals surface area (Å²) >= 11 is 6.63. The molecule has 0 aliphatic rings. The van der Waals surface area contributed by atoms with Gasteiger partial charge in [-0.15, -0.1) is 0 Å². The number of benzene rings is 3. The Morgan fingerprint density at radius 1 is 0.897 bits per heavy atom. The van der Waals surface area contributed by atoms with Gasteiger partial charge in [0.15, 0.2) is 0 Å². The number of carbonyl (C=O) groups excluding carboxylic acids is 1. The quantitative estimate of drug-likeness (QED) is 0.473. The highest BCUT2D eigenvalue weighted by Gasteiger charge is 2.19. The van der Waals surface area contributed by atoms with Crippen LogP contribution in [-0.4, -0.2) is 14.3 Å². The van der Waals surface area contributed by atoms with Crippen LogP contribution in [0.25, 0.3) is 0 Å². The van der Waals surface area contributed by atoms with Crippen molar-refractivity contribution in [2.75, 3.05) is 10.0 Å². The zero-order chi connectivity index (χ0) is 21.0. The fourth-order valence-electron chi connectivity index (χ4n) is 2.44. The molecule has 0 aliphatic heterocycles. The lowest BCUT2D eigenvalue weighted by atomic mass is 10.1. The maximum Gasteiger partial charge on any atom is 0.261 e. The van der Waals surface area contributed by atoms with E-state index in [1.165, 1.54) is 36.4 Å². The maximum atomic E-state index is 12.8. The van der Waals surface area contributed by atoms with E-state index in [1.54, 1.807) is 30.3 Å². The smallest absolute Gasteiger partial charge is 0.261 e. The molecule has 0 saturated heterocycles. The van der Waals surface area contributed by atoms with E-state index >= 15 is 0 Å². The molecule has 0 aliphatic carbocycles. The number of hydrogen-bond donors (Lipinski definition) is 2. The van der Waals surface area contributed by atoms with Crippen molar-refractivity contribution in [3.63, 3.8) is 0 Å². The summed E-state index contributed by atoms with van der Waals surface area (Å²) in [5.74, 6) is -0.467. The molecule has 3 rings (SSSR count). The molecule has 0 saturated carbocycles. The second-order valence-corrected chi connectivity index (χ2v) is 9.41. The average Bonchev–Trinajstić information content (AvgIpc) is 2.71. The Balaban J connectivity index is 1.90. The molecule has 9 heteroatoms. The first-order chi connectivity index (χ1) is 13.8. The van der Waals surface area contributed by atoms with Crippen LogP contribution in [0.4, 0.5) is 11.4 Å². The minimum Gasteiger partial charge on any atom is -0.322 e. The number of nitrogens with one attached hydrogen (secondary N) is 2. The lowest BCUT2D eigenvalue weighted by Crippen LogP contribution is -2.18. The molecule has 146 valence electrons. The van der Waals surface area contributed by atoms with Gasteiger partial charge in [-0.3, -0.25) is 9.52 Å². The van der Waals surface area contributed by atoms with Crippen molar-refractivity contribution in [1.82, 2.24) is 0 Å². The van der Waals surface area contributed by atoms with Gasteiger partial charge in [0.25, 0.3) is 15.9 Å². The van der Waals surface area contributed by atoms with E-state index < -0.39 is 15.9 Å². The molecule has 0 aromatic heterocycles. The van der Waals surface area contributed by atoms with Crippen LogP contribution >= 0.6 is 31.9 Å². The van der Waals surface area contributed by atoms with Crippen molar-refractivity contribution in [1.29, 1.82) is 5.26 Å². The van der Waals surface area contributed by atoms with Gasteiger partial charge >= 0.3 is 0 Å². The minimum atomic E-state index is -3.95. The van der Waals surface area contributed by atoms with E-state index in [9.17, 15) is 13.2 Å². The van der Waals surface area contributed by atoms with Gasteiger partial charge in [-0.2, -0.15) is 5.26 Å². The number of hydrogen-bond acceptors (Lipinski definition) is 4. The molecule has 0 unspecified atom stereocenters. The third-order valence-corrected chi connectivity index (χ3v) is 6.27. The van der Waals surface area contributed by atoms with Crippen LogP contribution in [0.5, 0.6) is 0 Å². The van der Waals surface area contributed by atoms with Gasteiger partial charge < -0.3 is 5.32 Å². The number of nitriles is 1. The third kappa shape index (κ3) is 5.23. The summed E-state index contributed by atoms with van der Waals surface area (Å²) in [5.41, 5.74) is 1.20. The van der Waals surface area contributed by atoms with Crippen LogP contribution in [0, 0.1) is 11.3 Å². The Labute approximate surface area is 184 Å². The fraction of sp³-hybridized carbons (Fsp3) is 0. The van der Waals surface area contributed by atoms with Crippen LogP contribution in [0.3, 0.4) is 0 Å². The first kappa shape index (κ1) is 21.0. The predicted molar refractivity (Wildman–Crippen MR) is 118 cm³/mol. The molecule has 0 fully saturated rings. The second kappa shape index (κ2) is 8.78. The Morgan fingerprint density at radius 3 is 2.14 bits per heavy atom. The highest BCUT2D eigenvalue weighted by Crippen LogP contribution is 2.25. The maximum absolute atomic E-state index is 12.8. The molecule has 1 amide bonds. The Hall–Kier alpha value is -2.67. The number of anilines is 2. The van der Waals surface area contributed by atoms with Crippen molar-refractivity contribution in [2.45, 2.75) is 4.90 Å². The summed E-state index contributed by atoms with van der Waals surface area (Å²) in [6.45, 7) is 0. The first-order valence-electron chi connectivity index (χ1n) is 8.18. The molecule has 0 heterocycles. The van der Waals surface area contributed by atoms with E-state index in [1.807, 2.05) is 6.07 Å². The molecular weight excluding hydrogens is 522 g/mol. The highest BCUT2D eigenvalue weighted by molar-refractivity contribution is 9.10. The number of amides is 1. The molecule has 3 aromatic carbocycles. The molecular formula is C20H13Br2N3O3S. The molecule has 0 atom stereocenters. The van der Waals surface area contributed by atoms with E-state index in [4.69, 9.17) is 5.26 Å². The lowest BCUT2D eigenvalue weighted by Gasteiger charge is -2.13. The van der Waals surface area contributed by atoms with Gasteiger partial charge in [0.05, 0.1) is 27.8 Å². The van der Waals surface area contributed by atoms with E-state index in [0.29, 0.717) is 15.7 Å². The molecule has 0 radical (unpaired) electrons. The monoisotopic (exact) mass is 533 g/mol. The standard InChI is InChI=1S/C20H13Br2N3O3S/c21-14-3-6-16(7-4-14)24-20(26)18-11-15(22)5-10-19(18)25-29(27,28)17-8-1-13(12-23)2-9-17/h1-11,25H,(H,24,26). The normalized spacial score (nSPS) is 10.8. The average molecular weight is 535 g/mol. The summed E-state index contributed by atoms with van der Waals surface area (Å²) < 4.78 is 29.4. The van der Waals surface area contributed by atoms with Crippen LogP contribution in [-0.2, 0) is 10.0 Å². The van der Waals surface area contributed by atoms with Crippen molar-refractivity contribution in [3.05, 3.63) is 86.8 Å². The van der Waals surface area contributed by atoms with Crippen LogP contribution in [0.2, 0.25) is 0 Å². The van der Waals surface area contributed by atoms with Gasteiger partial charge in [-0.1, -0.05) is 31.9 Å². The SMILES string of the molecule is N#Cc1ccc(S(=O)(=O)Nc2ccc(Br)cc2C(=O)Nc2ccc(Br)cc2)cc1. The molecule has 0 spiro atoms. The summed E-state index contributed by atoms with van der Waals surface area (Å²) in [5, 5.41) is 11.6. The van der Waals surface area contributed by atoms with Crippen LogP contribution < -0.4 is 10.0 Å². The Morgan fingerprint density at radius 2 is 1.52 bits per heavy atom. The highest BCUT2D eigenvalue weighted by atomic mass is 79.9. The number of nitrogens with zero attached hydrogens (tertiary/aromatic N) is 1. The fourth-order valence-corrected chi connectivity index (χ4v) is 4.14. The summed E-state index contributed by atoms with van der Waals surface area (Å²) in [6.07, 6.45) is 0. The molecule has 6 nitrogen and oxygen atoms in total. The van der Waals surface area contributed by atoms with Crippen LogP contribution in [0.15, 0.2) is 80.6 Å². The van der Waals surface area contributed by atoms with Crippen molar-refractivity contribution in [2.24, 2.45) is 0 Å². The number of carbonyl (C=O) groups is 1. The van der Waals surface area contributed by atoms with Crippen molar-refractivity contribution < 1.29 is 13.2 Å². The van der Waals surface area contributed by atoms with Gasteiger partial charge in [-0.05, 0) is 66.7 Å². The number of halogens is 2. The van der Waals surface area contributed by atoms with E-state index in [-0.39, 0.29) is 16.1 Å². The Bertz CT molecular complexity index is 1200. The van der Waals surface area contributed by atoms with Crippen LogP contribution in [0.1, 0.15) is 15.9 Å². The van der Waals surface area contributed by atoms with E-state index in [2.05, 4.69) is 41.9 Å². The lowest BCUT2D eigenvalue weighted by molar-refractivity contribution is 0.102. The van der Waals surface area contributed by atoms with Gasteiger partial charge in [0, 0.05) is 14.6 Å². The molecule has 0 bridgehead atoms. The number of sulfonamides is 1. The zero-order valence-electron chi connectivity index (χ0n) is 14.7. The molecule has 3 aromatic rings. The molecule has 29 heavy (non-hydrogen) atoms. The minimum absolute atomic E-state index is 0.0151. The summed E-state index contributed by atoms with van der Waals surface area (Å²) in [4.78, 5) is 12.7. The van der Waals surface area contributed by atoms with Gasteiger partial charge in [0.2, 0.25) is 0 Å². The predicted octanol–water partition coefficient (Wildman–Crippen LogP) is 5.14. The largest absolute Gasteiger partial charge is 0.322 e. The van der Waals surface area contributed by atoms with Crippen molar-refractivity contribution >= 4 is 59.2 Å². The summed E-state index contributed by atoms with van der Waals surface area (Å²) in [6, 6.07) is 19.1. The third-order valence-electron chi connectivity index (χ3n) is 3.87. The van der Waals surface area contributed by atoms with Gasteiger partial charge in [0.1, 0.15) is 0 Å². The zero-order valence-corrected chi connectivity index (χ0v) is 18.7. The topological polar surface area (TPSA) is 99.1 Å².